The number of aromatic nitrogens is 1. The number of carbonyl (C=O) groups excluding carboxylic acids is 1. The number of nitrogens with zero attached hydrogens (tertiary/aromatic N) is 1. The van der Waals surface area contributed by atoms with Crippen LogP contribution in [-0.2, 0) is 11.3 Å². The van der Waals surface area contributed by atoms with Crippen LogP contribution in [0.2, 0.25) is 0 Å². The predicted molar refractivity (Wildman–Crippen MR) is 82.4 cm³/mol. The minimum Gasteiger partial charge on any atom is -0.481 e. The molecule has 21 heavy (non-hydrogen) atoms. The molecule has 2 amide bonds. The molecule has 0 aliphatic carbocycles. The number of carboxylic acid groups (broad SMARTS) is 1. The van der Waals surface area contributed by atoms with Crippen molar-refractivity contribution in [1.82, 2.24) is 15.6 Å². The van der Waals surface area contributed by atoms with Gasteiger partial charge in [-0.05, 0) is 25.2 Å². The van der Waals surface area contributed by atoms with E-state index in [0.29, 0.717) is 19.5 Å². The van der Waals surface area contributed by atoms with Crippen molar-refractivity contribution in [2.75, 3.05) is 6.54 Å². The fourth-order valence-corrected chi connectivity index (χ4v) is 2.50. The van der Waals surface area contributed by atoms with Crippen molar-refractivity contribution >= 4 is 23.3 Å². The number of carboxylic acids is 1. The first-order chi connectivity index (χ1) is 9.78. The average Bonchev–Trinajstić information content (AvgIpc) is 2.80. The van der Waals surface area contributed by atoms with Crippen LogP contribution in [0.15, 0.2) is 5.38 Å². The van der Waals surface area contributed by atoms with E-state index in [0.717, 1.165) is 17.1 Å². The molecule has 0 bridgehead atoms. The third-order valence-electron chi connectivity index (χ3n) is 3.17. The number of aryl methyl sites for hydroxylation is 1. The fourth-order valence-electron chi connectivity index (χ4n) is 1.79. The van der Waals surface area contributed by atoms with Crippen molar-refractivity contribution in [3.05, 3.63) is 16.1 Å². The summed E-state index contributed by atoms with van der Waals surface area (Å²) in [5, 5.41) is 17.0. The SMILES string of the molecule is Cc1csc(CNC(=O)NCCC(C)(C)CCC(=O)O)n1. The third kappa shape index (κ3) is 7.65. The Bertz CT molecular complexity index is 486. The molecule has 118 valence electrons. The van der Waals surface area contributed by atoms with Crippen LogP contribution in [0.25, 0.3) is 0 Å². The number of carbonyl (C=O) groups is 2. The molecule has 7 heteroatoms. The number of hydrogen-bond acceptors (Lipinski definition) is 4. The van der Waals surface area contributed by atoms with Gasteiger partial charge in [-0.3, -0.25) is 4.79 Å². The van der Waals surface area contributed by atoms with E-state index in [-0.39, 0.29) is 17.9 Å². The number of aliphatic carboxylic acids is 1. The van der Waals surface area contributed by atoms with Gasteiger partial charge in [-0.25, -0.2) is 9.78 Å². The van der Waals surface area contributed by atoms with Crippen LogP contribution < -0.4 is 10.6 Å². The van der Waals surface area contributed by atoms with Crippen LogP contribution in [0, 0.1) is 12.3 Å². The van der Waals surface area contributed by atoms with Gasteiger partial charge in [0.2, 0.25) is 0 Å². The summed E-state index contributed by atoms with van der Waals surface area (Å²) in [5.41, 5.74) is 0.857. The first kappa shape index (κ1) is 17.4. The van der Waals surface area contributed by atoms with E-state index in [4.69, 9.17) is 5.11 Å². The lowest BCUT2D eigenvalue weighted by Gasteiger charge is -2.23. The van der Waals surface area contributed by atoms with E-state index in [1.54, 1.807) is 0 Å². The molecular formula is C14H23N3O3S. The largest absolute Gasteiger partial charge is 0.481 e. The molecule has 0 radical (unpaired) electrons. The zero-order valence-electron chi connectivity index (χ0n) is 12.7. The Morgan fingerprint density at radius 1 is 1.33 bits per heavy atom. The fraction of sp³-hybridized carbons (Fsp3) is 0.643. The lowest BCUT2D eigenvalue weighted by molar-refractivity contribution is -0.137. The molecule has 0 fully saturated rings. The van der Waals surface area contributed by atoms with Crippen molar-refractivity contribution in [3.8, 4) is 0 Å². The molecule has 0 saturated carbocycles. The molecule has 0 saturated heterocycles. The molecule has 1 aromatic heterocycles. The molecule has 1 heterocycles. The van der Waals surface area contributed by atoms with Crippen LogP contribution in [0.3, 0.4) is 0 Å². The first-order valence-electron chi connectivity index (χ1n) is 6.93. The highest BCUT2D eigenvalue weighted by Gasteiger charge is 2.19. The van der Waals surface area contributed by atoms with Gasteiger partial charge in [0.25, 0.3) is 0 Å². The van der Waals surface area contributed by atoms with Crippen LogP contribution in [0.1, 0.15) is 43.8 Å². The smallest absolute Gasteiger partial charge is 0.315 e. The quantitative estimate of drug-likeness (QED) is 0.688. The lowest BCUT2D eigenvalue weighted by atomic mass is 9.84. The maximum absolute atomic E-state index is 11.6. The number of nitrogens with one attached hydrogen (secondary N) is 2. The predicted octanol–water partition coefficient (Wildman–Crippen LogP) is 2.53. The molecule has 6 nitrogen and oxygen atoms in total. The Labute approximate surface area is 129 Å². The highest BCUT2D eigenvalue weighted by atomic mass is 32.1. The Kier molecular flexibility index (Phi) is 6.61. The molecule has 1 aromatic rings. The Morgan fingerprint density at radius 3 is 2.62 bits per heavy atom. The van der Waals surface area contributed by atoms with Crippen molar-refractivity contribution in [2.45, 2.75) is 46.6 Å². The molecule has 0 aromatic carbocycles. The van der Waals surface area contributed by atoms with Crippen LogP contribution in [0.4, 0.5) is 4.79 Å². The molecule has 0 aliphatic rings. The molecule has 3 N–H and O–H groups in total. The standard InChI is InChI=1S/C14H23N3O3S/c1-10-9-21-11(17-10)8-16-13(20)15-7-6-14(2,3)5-4-12(18)19/h9H,4-8H2,1-3H3,(H,18,19)(H2,15,16,20). The summed E-state index contributed by atoms with van der Waals surface area (Å²) in [6.07, 6.45) is 1.50. The molecule has 0 spiro atoms. The maximum atomic E-state index is 11.6. The second-order valence-electron chi connectivity index (χ2n) is 5.80. The summed E-state index contributed by atoms with van der Waals surface area (Å²) in [5.74, 6) is -0.785. The summed E-state index contributed by atoms with van der Waals surface area (Å²) < 4.78 is 0. The van der Waals surface area contributed by atoms with Gasteiger partial charge in [0.05, 0.1) is 6.54 Å². The number of amides is 2. The minimum atomic E-state index is -0.785. The van der Waals surface area contributed by atoms with E-state index in [1.165, 1.54) is 11.3 Å². The topological polar surface area (TPSA) is 91.3 Å². The van der Waals surface area contributed by atoms with Gasteiger partial charge in [-0.2, -0.15) is 0 Å². The number of rotatable bonds is 8. The molecule has 0 aliphatic heterocycles. The van der Waals surface area contributed by atoms with Crippen molar-refractivity contribution < 1.29 is 14.7 Å². The van der Waals surface area contributed by atoms with E-state index < -0.39 is 5.97 Å². The second kappa shape index (κ2) is 7.97. The zero-order valence-corrected chi connectivity index (χ0v) is 13.5. The Morgan fingerprint density at radius 2 is 2.05 bits per heavy atom. The van der Waals surface area contributed by atoms with Gasteiger partial charge in [0.1, 0.15) is 5.01 Å². The zero-order chi connectivity index (χ0) is 15.9. The summed E-state index contributed by atoms with van der Waals surface area (Å²) in [6.45, 7) is 6.88. The normalized spacial score (nSPS) is 11.2. The molecule has 1 rings (SSSR count). The lowest BCUT2D eigenvalue weighted by Crippen LogP contribution is -2.36. The summed E-state index contributed by atoms with van der Waals surface area (Å²) in [7, 11) is 0. The summed E-state index contributed by atoms with van der Waals surface area (Å²) >= 11 is 1.52. The van der Waals surface area contributed by atoms with Crippen LogP contribution >= 0.6 is 11.3 Å². The van der Waals surface area contributed by atoms with E-state index in [9.17, 15) is 9.59 Å². The average molecular weight is 313 g/mol. The van der Waals surface area contributed by atoms with Crippen LogP contribution in [-0.4, -0.2) is 28.6 Å². The Balaban J connectivity index is 2.19. The number of urea groups is 1. The molecule has 0 unspecified atom stereocenters. The van der Waals surface area contributed by atoms with E-state index in [1.807, 2.05) is 26.2 Å². The van der Waals surface area contributed by atoms with Gasteiger partial charge in [0, 0.05) is 24.0 Å². The van der Waals surface area contributed by atoms with Gasteiger partial charge in [-0.1, -0.05) is 13.8 Å². The monoisotopic (exact) mass is 313 g/mol. The first-order valence-corrected chi connectivity index (χ1v) is 7.81. The van der Waals surface area contributed by atoms with Crippen molar-refractivity contribution in [1.29, 1.82) is 0 Å². The summed E-state index contributed by atoms with van der Waals surface area (Å²) in [6, 6.07) is -0.225. The highest BCUT2D eigenvalue weighted by Crippen LogP contribution is 2.25. The Hall–Kier alpha value is -1.63. The van der Waals surface area contributed by atoms with Gasteiger partial charge >= 0.3 is 12.0 Å². The van der Waals surface area contributed by atoms with Crippen molar-refractivity contribution in [2.24, 2.45) is 5.41 Å². The summed E-state index contributed by atoms with van der Waals surface area (Å²) in [4.78, 5) is 26.5. The molecule has 0 atom stereocenters. The maximum Gasteiger partial charge on any atom is 0.315 e. The van der Waals surface area contributed by atoms with E-state index >= 15 is 0 Å². The highest BCUT2D eigenvalue weighted by molar-refractivity contribution is 7.09. The minimum absolute atomic E-state index is 0.0991. The van der Waals surface area contributed by atoms with Gasteiger partial charge in [0.15, 0.2) is 0 Å². The molecular weight excluding hydrogens is 290 g/mol. The van der Waals surface area contributed by atoms with Gasteiger partial charge < -0.3 is 15.7 Å². The number of thiazole rings is 1. The second-order valence-corrected chi connectivity index (χ2v) is 6.74. The third-order valence-corrected chi connectivity index (χ3v) is 4.14. The van der Waals surface area contributed by atoms with Gasteiger partial charge in [-0.15, -0.1) is 11.3 Å². The van der Waals surface area contributed by atoms with Crippen LogP contribution in [0.5, 0.6) is 0 Å². The number of hydrogen-bond donors (Lipinski definition) is 3. The van der Waals surface area contributed by atoms with E-state index in [2.05, 4.69) is 15.6 Å². The van der Waals surface area contributed by atoms with Crippen molar-refractivity contribution in [3.63, 3.8) is 0 Å².